The lowest BCUT2D eigenvalue weighted by molar-refractivity contribution is -0.122. The van der Waals surface area contributed by atoms with E-state index in [0.29, 0.717) is 0 Å². The molecule has 0 radical (unpaired) electrons. The number of rotatable bonds is 7. The zero-order valence-electron chi connectivity index (χ0n) is 22.4. The number of carbonyl (C=O) groups is 2. The van der Waals surface area contributed by atoms with Crippen molar-refractivity contribution in [2.75, 3.05) is 5.32 Å². The topological polar surface area (TPSA) is 109 Å². The SMILES string of the molecule is CC(=O)Nc1ccn([C@@H]2O[C@H](C=O)[C@@H](O[Si](C)(C)C(C)(C)C)[C@H]2O[Si](C)(C)C(C)(C)C)c(=O)n1. The summed E-state index contributed by atoms with van der Waals surface area (Å²) in [5.41, 5.74) is -0.613. The van der Waals surface area contributed by atoms with Crippen LogP contribution in [0.15, 0.2) is 17.1 Å². The van der Waals surface area contributed by atoms with Gasteiger partial charge >= 0.3 is 5.69 Å². The summed E-state index contributed by atoms with van der Waals surface area (Å²) in [7, 11) is -4.67. The lowest BCUT2D eigenvalue weighted by Gasteiger charge is -2.43. The second kappa shape index (κ2) is 9.77. The first kappa shape index (κ1) is 28.6. The number of aldehydes is 1. The molecule has 4 atom stereocenters. The summed E-state index contributed by atoms with van der Waals surface area (Å²) in [5.74, 6) is -0.181. The molecule has 0 aliphatic carbocycles. The smallest absolute Gasteiger partial charge is 0.351 e. The average Bonchev–Trinajstić information content (AvgIpc) is 2.95. The van der Waals surface area contributed by atoms with Crippen molar-refractivity contribution in [1.29, 1.82) is 0 Å². The van der Waals surface area contributed by atoms with E-state index < -0.39 is 46.9 Å². The number of nitrogens with zero attached hydrogens (tertiary/aromatic N) is 2. The normalized spacial score (nSPS) is 24.2. The van der Waals surface area contributed by atoms with E-state index in [1.807, 2.05) is 0 Å². The highest BCUT2D eigenvalue weighted by Gasteiger charge is 2.54. The molecule has 1 N–H and O–H groups in total. The number of hydrogen-bond acceptors (Lipinski definition) is 7. The van der Waals surface area contributed by atoms with E-state index >= 15 is 0 Å². The highest BCUT2D eigenvalue weighted by Crippen LogP contribution is 2.45. The van der Waals surface area contributed by atoms with Gasteiger partial charge in [-0.3, -0.25) is 9.36 Å². The van der Waals surface area contributed by atoms with Crippen LogP contribution in [0.2, 0.25) is 36.3 Å². The minimum Gasteiger partial charge on any atom is -0.408 e. The fraction of sp³-hybridized carbons (Fsp3) is 0.739. The number of hydrogen-bond donors (Lipinski definition) is 1. The van der Waals surface area contributed by atoms with Gasteiger partial charge in [-0.1, -0.05) is 41.5 Å². The van der Waals surface area contributed by atoms with Crippen LogP contribution in [0.3, 0.4) is 0 Å². The molecule has 1 aliphatic heterocycles. The van der Waals surface area contributed by atoms with Crippen molar-refractivity contribution in [2.45, 2.75) is 109 Å². The fourth-order valence-electron chi connectivity index (χ4n) is 3.15. The lowest BCUT2D eigenvalue weighted by atomic mass is 10.1. The molecule has 2 heterocycles. The predicted octanol–water partition coefficient (Wildman–Crippen LogP) is 4.08. The van der Waals surface area contributed by atoms with E-state index in [9.17, 15) is 14.4 Å². The van der Waals surface area contributed by atoms with Gasteiger partial charge in [-0.2, -0.15) is 4.98 Å². The van der Waals surface area contributed by atoms with E-state index in [4.69, 9.17) is 13.6 Å². The maximum absolute atomic E-state index is 12.9. The van der Waals surface area contributed by atoms with Gasteiger partial charge in [-0.25, -0.2) is 4.79 Å². The van der Waals surface area contributed by atoms with Gasteiger partial charge in [0.15, 0.2) is 29.1 Å². The quantitative estimate of drug-likeness (QED) is 0.434. The van der Waals surface area contributed by atoms with Gasteiger partial charge in [-0.15, -0.1) is 0 Å². The van der Waals surface area contributed by atoms with Crippen LogP contribution in [0.4, 0.5) is 5.82 Å². The number of anilines is 1. The minimum atomic E-state index is -2.35. The Labute approximate surface area is 204 Å². The molecule has 1 aromatic rings. The molecular weight excluding hydrogens is 470 g/mol. The second-order valence-electron chi connectivity index (χ2n) is 12.0. The molecule has 9 nitrogen and oxygen atoms in total. The molecule has 34 heavy (non-hydrogen) atoms. The van der Waals surface area contributed by atoms with Crippen molar-refractivity contribution < 1.29 is 23.2 Å². The van der Waals surface area contributed by atoms with Crippen LogP contribution in [0.1, 0.15) is 54.7 Å². The largest absolute Gasteiger partial charge is 0.408 e. The summed E-state index contributed by atoms with van der Waals surface area (Å²) in [6.07, 6.45) is -0.912. The average molecular weight is 512 g/mol. The summed E-state index contributed by atoms with van der Waals surface area (Å²) in [6, 6.07) is 1.52. The fourth-order valence-corrected chi connectivity index (χ4v) is 5.73. The van der Waals surface area contributed by atoms with Gasteiger partial charge in [0.25, 0.3) is 0 Å². The van der Waals surface area contributed by atoms with Gasteiger partial charge in [0.2, 0.25) is 5.91 Å². The molecule has 0 spiro atoms. The third-order valence-electron chi connectivity index (χ3n) is 7.24. The number of aromatic nitrogens is 2. The number of amides is 1. The second-order valence-corrected chi connectivity index (χ2v) is 21.5. The van der Waals surface area contributed by atoms with Crippen LogP contribution in [0, 0.1) is 0 Å². The maximum Gasteiger partial charge on any atom is 0.351 e. The van der Waals surface area contributed by atoms with Crippen molar-refractivity contribution in [1.82, 2.24) is 9.55 Å². The zero-order chi connectivity index (χ0) is 26.3. The van der Waals surface area contributed by atoms with E-state index in [0.717, 1.165) is 6.29 Å². The summed E-state index contributed by atoms with van der Waals surface area (Å²) < 4.78 is 20.9. The third kappa shape index (κ3) is 6.11. The molecule has 1 aliphatic rings. The van der Waals surface area contributed by atoms with Gasteiger partial charge in [-0.05, 0) is 42.3 Å². The van der Waals surface area contributed by atoms with Crippen LogP contribution in [-0.4, -0.2) is 56.7 Å². The van der Waals surface area contributed by atoms with Crippen LogP contribution < -0.4 is 11.0 Å². The Morgan fingerprint density at radius 3 is 1.97 bits per heavy atom. The summed E-state index contributed by atoms with van der Waals surface area (Å²) in [6.45, 7) is 22.6. The number of nitrogens with one attached hydrogen (secondary N) is 1. The minimum absolute atomic E-state index is 0.0988. The Morgan fingerprint density at radius 1 is 1.06 bits per heavy atom. The van der Waals surface area contributed by atoms with Gasteiger partial charge in [0.1, 0.15) is 24.1 Å². The summed E-state index contributed by atoms with van der Waals surface area (Å²) in [5, 5.41) is 2.29. The maximum atomic E-state index is 12.9. The van der Waals surface area contributed by atoms with Crippen molar-refractivity contribution in [3.05, 3.63) is 22.7 Å². The van der Waals surface area contributed by atoms with E-state index in [-0.39, 0.29) is 21.8 Å². The Morgan fingerprint density at radius 2 is 1.56 bits per heavy atom. The highest BCUT2D eigenvalue weighted by molar-refractivity contribution is 6.74. The van der Waals surface area contributed by atoms with Crippen LogP contribution in [0.5, 0.6) is 0 Å². The van der Waals surface area contributed by atoms with Gasteiger partial charge in [0, 0.05) is 13.1 Å². The van der Waals surface area contributed by atoms with Gasteiger partial charge in [0.05, 0.1) is 0 Å². The Bertz CT molecular complexity index is 965. The van der Waals surface area contributed by atoms with E-state index in [1.165, 1.54) is 23.8 Å². The van der Waals surface area contributed by atoms with E-state index in [1.54, 1.807) is 0 Å². The van der Waals surface area contributed by atoms with Crippen LogP contribution in [0.25, 0.3) is 0 Å². The standard InChI is InChI=1S/C23H41N3O6Si2/c1-15(28)24-17-12-13-26(21(29)25-17)20-19(32-34(10,11)23(5,6)7)18(16(14-27)30-20)31-33(8,9)22(2,3)4/h12-14,16,18-20H,1-11H3,(H,24,25,28,29)/t16-,18-,19-,20-/m1/s1. The van der Waals surface area contributed by atoms with E-state index in [2.05, 4.69) is 78.0 Å². The first-order valence-electron chi connectivity index (χ1n) is 11.6. The molecule has 0 bridgehead atoms. The summed E-state index contributed by atoms with van der Waals surface area (Å²) >= 11 is 0. The molecule has 2 rings (SSSR count). The molecule has 0 saturated carbocycles. The molecular formula is C23H41N3O6Si2. The molecule has 1 saturated heterocycles. The Balaban J connectivity index is 2.57. The van der Waals surface area contributed by atoms with Gasteiger partial charge < -0.3 is 23.7 Å². The predicted molar refractivity (Wildman–Crippen MR) is 137 cm³/mol. The van der Waals surface area contributed by atoms with Crippen molar-refractivity contribution in [3.63, 3.8) is 0 Å². The first-order chi connectivity index (χ1) is 15.3. The molecule has 11 heteroatoms. The Hall–Kier alpha value is -1.67. The molecule has 192 valence electrons. The molecule has 1 amide bonds. The zero-order valence-corrected chi connectivity index (χ0v) is 24.4. The highest BCUT2D eigenvalue weighted by atomic mass is 28.4. The van der Waals surface area contributed by atoms with Crippen molar-refractivity contribution in [3.8, 4) is 0 Å². The number of ether oxygens (including phenoxy) is 1. The van der Waals surface area contributed by atoms with Crippen LogP contribution in [-0.2, 0) is 23.2 Å². The monoisotopic (exact) mass is 511 g/mol. The molecule has 0 unspecified atom stereocenters. The molecule has 0 aromatic carbocycles. The molecule has 1 aromatic heterocycles. The van der Waals surface area contributed by atoms with Crippen molar-refractivity contribution in [2.24, 2.45) is 0 Å². The molecule has 1 fully saturated rings. The first-order valence-corrected chi connectivity index (χ1v) is 17.5. The van der Waals surface area contributed by atoms with Crippen LogP contribution >= 0.6 is 0 Å². The van der Waals surface area contributed by atoms with Crippen molar-refractivity contribution >= 4 is 34.6 Å². The lowest BCUT2D eigenvalue weighted by Crippen LogP contribution is -2.54. The summed E-state index contributed by atoms with van der Waals surface area (Å²) in [4.78, 5) is 40.3. The number of carbonyl (C=O) groups excluding carboxylic acids is 2. The Kier molecular flexibility index (Phi) is 8.21. The third-order valence-corrected chi connectivity index (χ3v) is 16.2.